The van der Waals surface area contributed by atoms with Crippen molar-refractivity contribution in [1.29, 1.82) is 0 Å². The molecule has 0 saturated carbocycles. The van der Waals surface area contributed by atoms with Crippen LogP contribution in [-0.2, 0) is 19.4 Å². The molecule has 0 aliphatic heterocycles. The molecule has 21 heavy (non-hydrogen) atoms. The van der Waals surface area contributed by atoms with Crippen LogP contribution < -0.4 is 0 Å². The van der Waals surface area contributed by atoms with Gasteiger partial charge in [0.1, 0.15) is 0 Å². The molecule has 0 aliphatic rings. The monoisotopic (exact) mass is 350 g/mol. The summed E-state index contributed by atoms with van der Waals surface area (Å²) < 4.78 is 2.99. The van der Waals surface area contributed by atoms with Crippen molar-refractivity contribution in [3.63, 3.8) is 0 Å². The molecule has 0 bridgehead atoms. The molecule has 2 aromatic rings. The topological polar surface area (TPSA) is 38.0 Å². The number of hydrogen-bond acceptors (Lipinski definition) is 2. The van der Waals surface area contributed by atoms with E-state index in [4.69, 9.17) is 0 Å². The van der Waals surface area contributed by atoms with Crippen LogP contribution in [-0.4, -0.2) is 21.0 Å². The van der Waals surface area contributed by atoms with Gasteiger partial charge in [-0.3, -0.25) is 4.68 Å². The number of nitrogens with zero attached hydrogens (tertiary/aromatic N) is 2. The predicted molar refractivity (Wildman–Crippen MR) is 89.5 cm³/mol. The van der Waals surface area contributed by atoms with Crippen molar-refractivity contribution in [3.05, 3.63) is 51.3 Å². The minimum Gasteiger partial charge on any atom is -0.393 e. The summed E-state index contributed by atoms with van der Waals surface area (Å²) in [4.78, 5) is 0. The fourth-order valence-corrected chi connectivity index (χ4v) is 3.04. The Morgan fingerprint density at radius 2 is 2.10 bits per heavy atom. The minimum atomic E-state index is -0.344. The van der Waals surface area contributed by atoms with Gasteiger partial charge in [-0.1, -0.05) is 29.8 Å². The molecular weight excluding hydrogens is 328 g/mol. The first kappa shape index (κ1) is 16.2. The Morgan fingerprint density at radius 3 is 2.76 bits per heavy atom. The summed E-state index contributed by atoms with van der Waals surface area (Å²) in [7, 11) is 0. The summed E-state index contributed by atoms with van der Waals surface area (Å²) >= 11 is 3.58. The lowest BCUT2D eigenvalue weighted by Crippen LogP contribution is -2.15. The van der Waals surface area contributed by atoms with Gasteiger partial charge in [0.05, 0.1) is 22.0 Å². The van der Waals surface area contributed by atoms with Crippen LogP contribution in [0.15, 0.2) is 28.7 Å². The Balaban J connectivity index is 1.97. The van der Waals surface area contributed by atoms with Crippen molar-refractivity contribution in [2.45, 2.75) is 52.7 Å². The van der Waals surface area contributed by atoms with E-state index in [1.165, 1.54) is 11.1 Å². The fourth-order valence-electron chi connectivity index (χ4n) is 2.59. The third-order valence-electron chi connectivity index (χ3n) is 3.73. The van der Waals surface area contributed by atoms with E-state index in [1.54, 1.807) is 0 Å². The third-order valence-corrected chi connectivity index (χ3v) is 4.76. The highest BCUT2D eigenvalue weighted by molar-refractivity contribution is 9.10. The van der Waals surface area contributed by atoms with Crippen molar-refractivity contribution in [3.8, 4) is 0 Å². The maximum atomic E-state index is 10.3. The van der Waals surface area contributed by atoms with Crippen LogP contribution in [0, 0.1) is 13.8 Å². The number of hydrogen-bond donors (Lipinski definition) is 1. The first-order chi connectivity index (χ1) is 10.0. The third kappa shape index (κ3) is 4.17. The van der Waals surface area contributed by atoms with Crippen LogP contribution in [0.5, 0.6) is 0 Å². The highest BCUT2D eigenvalue weighted by Gasteiger charge is 2.16. The van der Waals surface area contributed by atoms with Crippen LogP contribution in [0.3, 0.4) is 0 Å². The molecule has 1 unspecified atom stereocenters. The van der Waals surface area contributed by atoms with Crippen molar-refractivity contribution in [2.75, 3.05) is 0 Å². The lowest BCUT2D eigenvalue weighted by molar-refractivity contribution is 0.162. The molecule has 1 atom stereocenters. The Labute approximate surface area is 135 Å². The lowest BCUT2D eigenvalue weighted by atomic mass is 10.0. The molecule has 114 valence electrons. The van der Waals surface area contributed by atoms with Gasteiger partial charge in [0.2, 0.25) is 0 Å². The van der Waals surface area contributed by atoms with Crippen LogP contribution in [0.1, 0.15) is 35.9 Å². The number of aliphatic hydroxyl groups is 1. The number of aryl methyl sites for hydroxylation is 4. The van der Waals surface area contributed by atoms with Gasteiger partial charge >= 0.3 is 0 Å². The number of aromatic nitrogens is 2. The molecule has 3 nitrogen and oxygen atoms in total. The SMILES string of the molecule is CCn1nc(C)c(Br)c1CC(O)CCc1cccc(C)c1. The first-order valence-corrected chi connectivity index (χ1v) is 8.26. The molecule has 4 heteroatoms. The lowest BCUT2D eigenvalue weighted by Gasteiger charge is -2.12. The largest absolute Gasteiger partial charge is 0.393 e. The predicted octanol–water partition coefficient (Wildman–Crippen LogP) is 3.82. The Kier molecular flexibility index (Phi) is 5.59. The molecule has 1 heterocycles. The fraction of sp³-hybridized carbons (Fsp3) is 0.471. The quantitative estimate of drug-likeness (QED) is 0.859. The summed E-state index contributed by atoms with van der Waals surface area (Å²) in [5, 5.41) is 14.8. The molecule has 2 rings (SSSR count). The number of aliphatic hydroxyl groups excluding tert-OH is 1. The van der Waals surface area contributed by atoms with E-state index in [9.17, 15) is 5.11 Å². The van der Waals surface area contributed by atoms with E-state index in [0.717, 1.165) is 35.2 Å². The van der Waals surface area contributed by atoms with Crippen molar-refractivity contribution in [2.24, 2.45) is 0 Å². The summed E-state index contributed by atoms with van der Waals surface area (Å²) in [6, 6.07) is 8.47. The van der Waals surface area contributed by atoms with E-state index < -0.39 is 0 Å². The van der Waals surface area contributed by atoms with Gasteiger partial charge in [-0.25, -0.2) is 0 Å². The number of halogens is 1. The molecule has 0 amide bonds. The molecule has 0 radical (unpaired) electrons. The molecule has 1 aromatic carbocycles. The van der Waals surface area contributed by atoms with Crippen LogP contribution in [0.2, 0.25) is 0 Å². The zero-order valence-corrected chi connectivity index (χ0v) is 14.5. The first-order valence-electron chi connectivity index (χ1n) is 7.46. The Bertz CT molecular complexity index is 607. The van der Waals surface area contributed by atoms with Crippen LogP contribution in [0.4, 0.5) is 0 Å². The zero-order valence-electron chi connectivity index (χ0n) is 12.9. The molecule has 1 aromatic heterocycles. The van der Waals surface area contributed by atoms with Gasteiger partial charge in [0.15, 0.2) is 0 Å². The maximum absolute atomic E-state index is 10.3. The summed E-state index contributed by atoms with van der Waals surface area (Å²) in [5.74, 6) is 0. The summed E-state index contributed by atoms with van der Waals surface area (Å²) in [6.07, 6.45) is 1.97. The second kappa shape index (κ2) is 7.23. The average molecular weight is 351 g/mol. The summed E-state index contributed by atoms with van der Waals surface area (Å²) in [6.45, 7) is 6.98. The summed E-state index contributed by atoms with van der Waals surface area (Å²) in [5.41, 5.74) is 4.63. The van der Waals surface area contributed by atoms with E-state index in [0.29, 0.717) is 6.42 Å². The maximum Gasteiger partial charge on any atom is 0.0738 e. The van der Waals surface area contributed by atoms with Gasteiger partial charge in [-0.2, -0.15) is 5.10 Å². The minimum absolute atomic E-state index is 0.344. The van der Waals surface area contributed by atoms with Crippen molar-refractivity contribution in [1.82, 2.24) is 9.78 Å². The standard InChI is InChI=1S/C17H23BrN2O/c1-4-20-16(17(18)13(3)19-20)11-15(21)9-8-14-7-5-6-12(2)10-14/h5-7,10,15,21H,4,8-9,11H2,1-3H3. The van der Waals surface area contributed by atoms with E-state index in [1.807, 2.05) is 11.6 Å². The van der Waals surface area contributed by atoms with Gasteiger partial charge < -0.3 is 5.11 Å². The number of benzene rings is 1. The normalized spacial score (nSPS) is 12.6. The number of rotatable bonds is 6. The second-order valence-corrected chi connectivity index (χ2v) is 6.34. The van der Waals surface area contributed by atoms with Crippen LogP contribution in [0.25, 0.3) is 0 Å². The van der Waals surface area contributed by atoms with E-state index in [2.05, 4.69) is 59.1 Å². The van der Waals surface area contributed by atoms with E-state index in [-0.39, 0.29) is 6.10 Å². The molecule has 1 N–H and O–H groups in total. The molecule has 0 saturated heterocycles. The van der Waals surface area contributed by atoms with Gasteiger partial charge in [0, 0.05) is 13.0 Å². The van der Waals surface area contributed by atoms with Gasteiger partial charge in [0.25, 0.3) is 0 Å². The highest BCUT2D eigenvalue weighted by atomic mass is 79.9. The molecule has 0 fully saturated rings. The zero-order chi connectivity index (χ0) is 15.4. The van der Waals surface area contributed by atoms with Gasteiger partial charge in [-0.05, 0) is 55.1 Å². The van der Waals surface area contributed by atoms with Gasteiger partial charge in [-0.15, -0.1) is 0 Å². The Hall–Kier alpha value is -1.13. The smallest absolute Gasteiger partial charge is 0.0738 e. The van der Waals surface area contributed by atoms with Crippen molar-refractivity contribution >= 4 is 15.9 Å². The highest BCUT2D eigenvalue weighted by Crippen LogP contribution is 2.23. The van der Waals surface area contributed by atoms with Crippen molar-refractivity contribution < 1.29 is 5.11 Å². The average Bonchev–Trinajstić information content (AvgIpc) is 2.73. The van der Waals surface area contributed by atoms with E-state index >= 15 is 0 Å². The van der Waals surface area contributed by atoms with Crippen LogP contribution >= 0.6 is 15.9 Å². The Morgan fingerprint density at radius 1 is 1.33 bits per heavy atom. The molecule has 0 spiro atoms. The second-order valence-electron chi connectivity index (χ2n) is 5.55. The molecule has 0 aliphatic carbocycles. The molecular formula is C17H23BrN2O.